The number of aliphatic carboxylic acids is 1. The van der Waals surface area contributed by atoms with Crippen molar-refractivity contribution < 1.29 is 15.0 Å². The molecule has 98 valence electrons. The second-order valence-electron chi connectivity index (χ2n) is 5.48. The van der Waals surface area contributed by atoms with E-state index in [1.165, 1.54) is 6.42 Å². The first kappa shape index (κ1) is 12.8. The molecule has 2 N–H and O–H groups in total. The molecule has 1 saturated heterocycles. The van der Waals surface area contributed by atoms with E-state index in [2.05, 4.69) is 4.90 Å². The standard InChI is InChI=1S/C13H23NO3/c1-9-10(13(16)17)7-8-14(9)11-5-3-2-4-6-12(11)15/h9-12,15H,2-8H2,1H3,(H,16,17). The molecule has 2 fully saturated rings. The number of rotatable bonds is 2. The Morgan fingerprint density at radius 2 is 1.88 bits per heavy atom. The zero-order valence-electron chi connectivity index (χ0n) is 10.5. The highest BCUT2D eigenvalue weighted by atomic mass is 16.4. The molecule has 0 spiro atoms. The highest BCUT2D eigenvalue weighted by molar-refractivity contribution is 5.71. The summed E-state index contributed by atoms with van der Waals surface area (Å²) >= 11 is 0. The van der Waals surface area contributed by atoms with Crippen molar-refractivity contribution in [2.75, 3.05) is 6.54 Å². The second kappa shape index (κ2) is 5.36. The first-order valence-electron chi connectivity index (χ1n) is 6.78. The van der Waals surface area contributed by atoms with Crippen LogP contribution in [0.5, 0.6) is 0 Å². The number of carbonyl (C=O) groups is 1. The van der Waals surface area contributed by atoms with Crippen LogP contribution in [0.4, 0.5) is 0 Å². The summed E-state index contributed by atoms with van der Waals surface area (Å²) in [5, 5.41) is 19.3. The Morgan fingerprint density at radius 1 is 1.18 bits per heavy atom. The fraction of sp³-hybridized carbons (Fsp3) is 0.923. The fourth-order valence-corrected chi connectivity index (χ4v) is 3.42. The average Bonchev–Trinajstić information content (AvgIpc) is 2.52. The largest absolute Gasteiger partial charge is 0.481 e. The van der Waals surface area contributed by atoms with Gasteiger partial charge in [-0.15, -0.1) is 0 Å². The van der Waals surface area contributed by atoms with Gasteiger partial charge in [-0.05, 0) is 32.7 Å². The van der Waals surface area contributed by atoms with Crippen molar-refractivity contribution in [3.63, 3.8) is 0 Å². The lowest BCUT2D eigenvalue weighted by Gasteiger charge is -2.34. The molecule has 1 aliphatic carbocycles. The van der Waals surface area contributed by atoms with E-state index < -0.39 is 5.97 Å². The van der Waals surface area contributed by atoms with E-state index in [1.54, 1.807) is 0 Å². The molecule has 1 saturated carbocycles. The Labute approximate surface area is 103 Å². The molecule has 0 aromatic heterocycles. The quantitative estimate of drug-likeness (QED) is 0.719. The summed E-state index contributed by atoms with van der Waals surface area (Å²) in [6, 6.07) is 0.238. The summed E-state index contributed by atoms with van der Waals surface area (Å²) in [4.78, 5) is 13.3. The van der Waals surface area contributed by atoms with Gasteiger partial charge in [0.15, 0.2) is 0 Å². The van der Waals surface area contributed by atoms with E-state index in [4.69, 9.17) is 5.11 Å². The molecule has 4 nitrogen and oxygen atoms in total. The SMILES string of the molecule is CC1C(C(=O)O)CCN1C1CCCCCC1O. The van der Waals surface area contributed by atoms with Crippen molar-refractivity contribution in [1.82, 2.24) is 4.90 Å². The van der Waals surface area contributed by atoms with Crippen LogP contribution < -0.4 is 0 Å². The molecule has 17 heavy (non-hydrogen) atoms. The molecule has 1 heterocycles. The summed E-state index contributed by atoms with van der Waals surface area (Å²) < 4.78 is 0. The third kappa shape index (κ3) is 2.63. The molecule has 4 unspecified atom stereocenters. The zero-order valence-corrected chi connectivity index (χ0v) is 10.5. The molecule has 4 heteroatoms. The van der Waals surface area contributed by atoms with Crippen LogP contribution in [0.15, 0.2) is 0 Å². The number of carboxylic acid groups (broad SMARTS) is 1. The van der Waals surface area contributed by atoms with Crippen molar-refractivity contribution in [3.8, 4) is 0 Å². The molecule has 2 aliphatic rings. The van der Waals surface area contributed by atoms with Gasteiger partial charge in [0.1, 0.15) is 0 Å². The maximum atomic E-state index is 11.1. The molecule has 0 bridgehead atoms. The Morgan fingerprint density at radius 3 is 2.53 bits per heavy atom. The molecule has 4 atom stereocenters. The Balaban J connectivity index is 2.04. The fourth-order valence-electron chi connectivity index (χ4n) is 3.42. The summed E-state index contributed by atoms with van der Waals surface area (Å²) in [7, 11) is 0. The first-order valence-corrected chi connectivity index (χ1v) is 6.78. The van der Waals surface area contributed by atoms with E-state index in [0.717, 1.165) is 38.6 Å². The topological polar surface area (TPSA) is 60.8 Å². The van der Waals surface area contributed by atoms with E-state index >= 15 is 0 Å². The molecular weight excluding hydrogens is 218 g/mol. The molecule has 1 aliphatic heterocycles. The number of carboxylic acids is 1. The van der Waals surface area contributed by atoms with Gasteiger partial charge in [-0.25, -0.2) is 0 Å². The van der Waals surface area contributed by atoms with Crippen LogP contribution in [0.2, 0.25) is 0 Å². The van der Waals surface area contributed by atoms with Crippen LogP contribution >= 0.6 is 0 Å². The summed E-state index contributed by atoms with van der Waals surface area (Å²) in [6.45, 7) is 2.81. The van der Waals surface area contributed by atoms with Gasteiger partial charge in [-0.2, -0.15) is 0 Å². The van der Waals surface area contributed by atoms with Crippen LogP contribution in [0.25, 0.3) is 0 Å². The Hall–Kier alpha value is -0.610. The van der Waals surface area contributed by atoms with Gasteiger partial charge in [0.25, 0.3) is 0 Å². The number of hydrogen-bond acceptors (Lipinski definition) is 3. The highest BCUT2D eigenvalue weighted by Gasteiger charge is 2.40. The molecular formula is C13H23NO3. The van der Waals surface area contributed by atoms with Crippen LogP contribution in [0.1, 0.15) is 45.4 Å². The average molecular weight is 241 g/mol. The third-order valence-corrected chi connectivity index (χ3v) is 4.49. The lowest BCUT2D eigenvalue weighted by molar-refractivity contribution is -0.142. The van der Waals surface area contributed by atoms with Crippen LogP contribution in [-0.2, 0) is 4.79 Å². The van der Waals surface area contributed by atoms with Gasteiger partial charge in [0.2, 0.25) is 0 Å². The smallest absolute Gasteiger partial charge is 0.308 e. The third-order valence-electron chi connectivity index (χ3n) is 4.49. The van der Waals surface area contributed by atoms with Gasteiger partial charge in [-0.1, -0.05) is 19.3 Å². The summed E-state index contributed by atoms with van der Waals surface area (Å²) in [5.74, 6) is -0.950. The van der Waals surface area contributed by atoms with Gasteiger partial charge in [-0.3, -0.25) is 9.69 Å². The highest BCUT2D eigenvalue weighted by Crippen LogP contribution is 2.31. The van der Waals surface area contributed by atoms with E-state index in [9.17, 15) is 9.90 Å². The second-order valence-corrected chi connectivity index (χ2v) is 5.48. The normalized spacial score (nSPS) is 40.1. The number of hydrogen-bond donors (Lipinski definition) is 2. The number of likely N-dealkylation sites (tertiary alicyclic amines) is 1. The van der Waals surface area contributed by atoms with Gasteiger partial charge in [0.05, 0.1) is 12.0 Å². The molecule has 0 aromatic rings. The van der Waals surface area contributed by atoms with Crippen molar-refractivity contribution in [3.05, 3.63) is 0 Å². The van der Waals surface area contributed by atoms with E-state index in [0.29, 0.717) is 0 Å². The molecule has 0 radical (unpaired) electrons. The minimum absolute atomic E-state index is 0.0604. The van der Waals surface area contributed by atoms with Crippen LogP contribution in [0, 0.1) is 5.92 Å². The van der Waals surface area contributed by atoms with Crippen molar-refractivity contribution in [1.29, 1.82) is 0 Å². The predicted octanol–water partition coefficient (Wildman–Crippen LogP) is 1.47. The maximum Gasteiger partial charge on any atom is 0.308 e. The van der Waals surface area contributed by atoms with Gasteiger partial charge in [0, 0.05) is 12.1 Å². The number of aliphatic hydroxyl groups excluding tert-OH is 1. The lowest BCUT2D eigenvalue weighted by Crippen LogP contribution is -2.46. The Kier molecular flexibility index (Phi) is 4.05. The van der Waals surface area contributed by atoms with Crippen molar-refractivity contribution >= 4 is 5.97 Å². The number of nitrogens with zero attached hydrogens (tertiary/aromatic N) is 1. The maximum absolute atomic E-state index is 11.1. The van der Waals surface area contributed by atoms with Crippen LogP contribution in [0.3, 0.4) is 0 Å². The molecule has 0 amide bonds. The molecule has 2 rings (SSSR count). The predicted molar refractivity (Wildman–Crippen MR) is 64.8 cm³/mol. The summed E-state index contributed by atoms with van der Waals surface area (Å²) in [5.41, 5.74) is 0. The lowest BCUT2D eigenvalue weighted by atomic mass is 9.99. The number of aliphatic hydroxyl groups is 1. The summed E-state index contributed by atoms with van der Waals surface area (Å²) in [6.07, 6.45) is 5.78. The van der Waals surface area contributed by atoms with Crippen molar-refractivity contribution in [2.24, 2.45) is 5.92 Å². The first-order chi connectivity index (χ1) is 8.11. The van der Waals surface area contributed by atoms with Gasteiger partial charge < -0.3 is 10.2 Å². The van der Waals surface area contributed by atoms with Crippen LogP contribution in [-0.4, -0.2) is 45.8 Å². The van der Waals surface area contributed by atoms with Gasteiger partial charge >= 0.3 is 5.97 Å². The Bertz CT molecular complexity index is 282. The van der Waals surface area contributed by atoms with E-state index in [1.807, 2.05) is 6.92 Å². The van der Waals surface area contributed by atoms with E-state index in [-0.39, 0.29) is 24.1 Å². The van der Waals surface area contributed by atoms with Crippen molar-refractivity contribution in [2.45, 2.75) is 63.6 Å². The monoisotopic (exact) mass is 241 g/mol. The minimum atomic E-state index is -0.692. The minimum Gasteiger partial charge on any atom is -0.481 e. The zero-order chi connectivity index (χ0) is 12.4. The molecule has 0 aromatic carbocycles.